The number of hydrogen-bond donors (Lipinski definition) is 1. The van der Waals surface area contributed by atoms with E-state index in [1.54, 1.807) is 0 Å². The van der Waals surface area contributed by atoms with E-state index >= 15 is 0 Å². The Morgan fingerprint density at radius 3 is 2.67 bits per heavy atom. The first-order valence-electron chi connectivity index (χ1n) is 5.77. The molecule has 0 amide bonds. The van der Waals surface area contributed by atoms with Crippen LogP contribution in [0.15, 0.2) is 30.4 Å². The van der Waals surface area contributed by atoms with Gasteiger partial charge in [0.25, 0.3) is 0 Å². The van der Waals surface area contributed by atoms with Crippen molar-refractivity contribution in [2.45, 2.75) is 20.3 Å². The highest BCUT2D eigenvalue weighted by molar-refractivity contribution is 6.31. The summed E-state index contributed by atoms with van der Waals surface area (Å²) in [4.78, 5) is 12.6. The van der Waals surface area contributed by atoms with Crippen LogP contribution in [0.3, 0.4) is 0 Å². The fourth-order valence-electron chi connectivity index (χ4n) is 1.63. The minimum atomic E-state index is -0.806. The Balaban J connectivity index is 2.89. The molecule has 0 bridgehead atoms. The van der Waals surface area contributed by atoms with E-state index in [1.807, 2.05) is 36.9 Å². The smallest absolute Gasteiger partial charge is 0.305 e. The monoisotopic (exact) mass is 267 g/mol. The van der Waals surface area contributed by atoms with Crippen LogP contribution in [0.4, 0.5) is 5.69 Å². The second kappa shape index (κ2) is 6.45. The fraction of sp³-hybridized carbons (Fsp3) is 0.357. The number of hydrogen-bond acceptors (Lipinski definition) is 2. The van der Waals surface area contributed by atoms with Crippen molar-refractivity contribution in [3.05, 3.63) is 40.9 Å². The van der Waals surface area contributed by atoms with Crippen LogP contribution in [0.1, 0.15) is 18.9 Å². The van der Waals surface area contributed by atoms with Gasteiger partial charge in [-0.2, -0.15) is 0 Å². The predicted molar refractivity (Wildman–Crippen MR) is 75.5 cm³/mol. The van der Waals surface area contributed by atoms with E-state index in [0.29, 0.717) is 18.1 Å². The van der Waals surface area contributed by atoms with Crippen LogP contribution in [0.25, 0.3) is 0 Å². The molecule has 0 spiro atoms. The van der Waals surface area contributed by atoms with Crippen LogP contribution < -0.4 is 4.90 Å². The Bertz CT molecular complexity index is 457. The zero-order chi connectivity index (χ0) is 13.7. The number of carbonyl (C=O) groups is 1. The van der Waals surface area contributed by atoms with Crippen molar-refractivity contribution < 1.29 is 9.90 Å². The summed E-state index contributed by atoms with van der Waals surface area (Å²) in [5.41, 5.74) is 2.92. The number of carboxylic acid groups (broad SMARTS) is 1. The van der Waals surface area contributed by atoms with Crippen LogP contribution in [0.2, 0.25) is 5.02 Å². The Hall–Kier alpha value is -1.48. The molecule has 0 heterocycles. The van der Waals surface area contributed by atoms with Gasteiger partial charge in [0.2, 0.25) is 0 Å². The molecule has 0 fully saturated rings. The highest BCUT2D eigenvalue weighted by atomic mass is 35.5. The van der Waals surface area contributed by atoms with E-state index in [1.165, 1.54) is 0 Å². The summed E-state index contributed by atoms with van der Waals surface area (Å²) in [5.74, 6) is -0.806. The van der Waals surface area contributed by atoms with Crippen molar-refractivity contribution in [1.29, 1.82) is 0 Å². The van der Waals surface area contributed by atoms with Crippen molar-refractivity contribution in [3.63, 3.8) is 0 Å². The SMILES string of the molecule is C=C(C)CN(CCC(=O)O)c1ccc(C)c(Cl)c1. The highest BCUT2D eigenvalue weighted by Crippen LogP contribution is 2.23. The van der Waals surface area contributed by atoms with Gasteiger partial charge < -0.3 is 10.0 Å². The number of carboxylic acids is 1. The minimum absolute atomic E-state index is 0.0960. The lowest BCUT2D eigenvalue weighted by Crippen LogP contribution is -2.27. The minimum Gasteiger partial charge on any atom is -0.481 e. The number of rotatable bonds is 6. The second-order valence-corrected chi connectivity index (χ2v) is 4.86. The molecule has 0 saturated heterocycles. The average molecular weight is 268 g/mol. The topological polar surface area (TPSA) is 40.5 Å². The lowest BCUT2D eigenvalue weighted by Gasteiger charge is -2.24. The third-order valence-corrected chi connectivity index (χ3v) is 2.98. The summed E-state index contributed by atoms with van der Waals surface area (Å²) in [6.45, 7) is 8.80. The van der Waals surface area contributed by atoms with Crippen LogP contribution in [0, 0.1) is 6.92 Å². The van der Waals surface area contributed by atoms with E-state index < -0.39 is 5.97 Å². The standard InChI is InChI=1S/C14H18ClNO2/c1-10(2)9-16(7-6-14(17)18)12-5-4-11(3)13(15)8-12/h4-5,8H,1,6-7,9H2,2-3H3,(H,17,18). The zero-order valence-electron chi connectivity index (χ0n) is 10.7. The molecule has 1 aromatic rings. The van der Waals surface area contributed by atoms with Crippen LogP contribution in [-0.4, -0.2) is 24.2 Å². The van der Waals surface area contributed by atoms with Gasteiger partial charge in [0.05, 0.1) is 6.42 Å². The lowest BCUT2D eigenvalue weighted by atomic mass is 10.2. The molecule has 1 aromatic carbocycles. The van der Waals surface area contributed by atoms with Gasteiger partial charge in [0.1, 0.15) is 0 Å². The first-order valence-corrected chi connectivity index (χ1v) is 6.15. The number of aliphatic carboxylic acids is 1. The maximum atomic E-state index is 10.7. The molecule has 18 heavy (non-hydrogen) atoms. The zero-order valence-corrected chi connectivity index (χ0v) is 11.5. The quantitative estimate of drug-likeness (QED) is 0.802. The fourth-order valence-corrected chi connectivity index (χ4v) is 1.81. The van der Waals surface area contributed by atoms with E-state index in [9.17, 15) is 4.79 Å². The Kier molecular flexibility index (Phi) is 5.23. The molecule has 0 atom stereocenters. The molecular formula is C14H18ClNO2. The van der Waals surface area contributed by atoms with Gasteiger partial charge in [0, 0.05) is 23.8 Å². The summed E-state index contributed by atoms with van der Waals surface area (Å²) in [6, 6.07) is 5.75. The number of benzene rings is 1. The molecule has 0 aliphatic heterocycles. The third-order valence-electron chi connectivity index (χ3n) is 2.58. The second-order valence-electron chi connectivity index (χ2n) is 4.46. The van der Waals surface area contributed by atoms with E-state index in [0.717, 1.165) is 16.8 Å². The van der Waals surface area contributed by atoms with Crippen molar-refractivity contribution in [2.24, 2.45) is 0 Å². The van der Waals surface area contributed by atoms with Crippen LogP contribution >= 0.6 is 11.6 Å². The molecule has 98 valence electrons. The van der Waals surface area contributed by atoms with Gasteiger partial charge in [-0.3, -0.25) is 4.79 Å². The molecule has 1 N–H and O–H groups in total. The summed E-state index contributed by atoms with van der Waals surface area (Å²) in [7, 11) is 0. The van der Waals surface area contributed by atoms with Crippen molar-refractivity contribution in [3.8, 4) is 0 Å². The molecule has 0 aliphatic rings. The molecule has 4 heteroatoms. The maximum absolute atomic E-state index is 10.7. The average Bonchev–Trinajstić information content (AvgIpc) is 2.27. The largest absolute Gasteiger partial charge is 0.481 e. The first kappa shape index (κ1) is 14.6. The summed E-state index contributed by atoms with van der Waals surface area (Å²) >= 11 is 6.09. The molecule has 0 radical (unpaired) electrons. The van der Waals surface area contributed by atoms with E-state index in [4.69, 9.17) is 16.7 Å². The highest BCUT2D eigenvalue weighted by Gasteiger charge is 2.10. The first-order chi connectivity index (χ1) is 8.40. The predicted octanol–water partition coefficient (Wildman–Crippen LogP) is 3.51. The van der Waals surface area contributed by atoms with Gasteiger partial charge in [-0.15, -0.1) is 0 Å². The van der Waals surface area contributed by atoms with Gasteiger partial charge in [-0.05, 0) is 31.5 Å². The van der Waals surface area contributed by atoms with Crippen LogP contribution in [0.5, 0.6) is 0 Å². The summed E-state index contributed by atoms with van der Waals surface area (Å²) < 4.78 is 0. The number of anilines is 1. The van der Waals surface area contributed by atoms with Crippen molar-refractivity contribution in [2.75, 3.05) is 18.0 Å². The molecule has 0 unspecified atom stereocenters. The Morgan fingerprint density at radius 2 is 2.17 bits per heavy atom. The van der Waals surface area contributed by atoms with E-state index in [2.05, 4.69) is 6.58 Å². The van der Waals surface area contributed by atoms with E-state index in [-0.39, 0.29) is 6.42 Å². The molecular weight excluding hydrogens is 250 g/mol. The number of halogens is 1. The molecule has 3 nitrogen and oxygen atoms in total. The van der Waals surface area contributed by atoms with Gasteiger partial charge in [-0.25, -0.2) is 0 Å². The lowest BCUT2D eigenvalue weighted by molar-refractivity contribution is -0.136. The van der Waals surface area contributed by atoms with Gasteiger partial charge in [0.15, 0.2) is 0 Å². The normalized spacial score (nSPS) is 10.2. The molecule has 0 saturated carbocycles. The van der Waals surface area contributed by atoms with Crippen LogP contribution in [-0.2, 0) is 4.79 Å². The Labute approximate surface area is 113 Å². The number of aryl methyl sites for hydroxylation is 1. The molecule has 0 aliphatic carbocycles. The summed E-state index contributed by atoms with van der Waals surface area (Å²) in [5, 5.41) is 9.46. The third kappa shape index (κ3) is 4.41. The molecule has 1 rings (SSSR count). The van der Waals surface area contributed by atoms with Crippen molar-refractivity contribution in [1.82, 2.24) is 0 Å². The van der Waals surface area contributed by atoms with Gasteiger partial charge in [-0.1, -0.05) is 29.8 Å². The maximum Gasteiger partial charge on any atom is 0.305 e. The Morgan fingerprint density at radius 1 is 1.50 bits per heavy atom. The van der Waals surface area contributed by atoms with Gasteiger partial charge >= 0.3 is 5.97 Å². The number of nitrogens with zero attached hydrogens (tertiary/aromatic N) is 1. The summed E-state index contributed by atoms with van der Waals surface area (Å²) in [6.07, 6.45) is 0.0960. The molecule has 0 aromatic heterocycles. The van der Waals surface area contributed by atoms with Crippen molar-refractivity contribution >= 4 is 23.3 Å².